The smallest absolute Gasteiger partial charge is 0.266 e. The maximum absolute atomic E-state index is 12.4. The Bertz CT molecular complexity index is 841. The van der Waals surface area contributed by atoms with Crippen LogP contribution in [0.25, 0.3) is 10.9 Å². The fourth-order valence-electron chi connectivity index (χ4n) is 3.34. The molecule has 1 aliphatic carbocycles. The molecule has 1 saturated carbocycles. The van der Waals surface area contributed by atoms with Crippen molar-refractivity contribution in [2.75, 3.05) is 5.75 Å². The summed E-state index contributed by atoms with van der Waals surface area (Å²) in [6.07, 6.45) is 3.99. The molecular formula is C16H21N3O3S. The predicted octanol–water partition coefficient (Wildman–Crippen LogP) is 1.37. The van der Waals surface area contributed by atoms with Gasteiger partial charge in [-0.25, -0.2) is 13.1 Å². The van der Waals surface area contributed by atoms with E-state index >= 15 is 0 Å². The van der Waals surface area contributed by atoms with Crippen molar-refractivity contribution in [2.45, 2.75) is 25.3 Å². The molecule has 3 rings (SSSR count). The highest BCUT2D eigenvalue weighted by Crippen LogP contribution is 2.25. The van der Waals surface area contributed by atoms with E-state index < -0.39 is 15.9 Å². The Hall–Kier alpha value is -1.86. The van der Waals surface area contributed by atoms with E-state index in [1.165, 1.54) is 0 Å². The number of nitrogens with zero attached hydrogens (tertiary/aromatic N) is 1. The summed E-state index contributed by atoms with van der Waals surface area (Å²) in [6.45, 7) is 0. The lowest BCUT2D eigenvalue weighted by molar-refractivity contribution is 0.0982. The maximum Gasteiger partial charge on any atom is 0.266 e. The summed E-state index contributed by atoms with van der Waals surface area (Å²) in [7, 11) is -1.83. The highest BCUT2D eigenvalue weighted by atomic mass is 32.2. The van der Waals surface area contributed by atoms with Crippen LogP contribution in [-0.2, 0) is 17.1 Å². The molecule has 23 heavy (non-hydrogen) atoms. The van der Waals surface area contributed by atoms with Crippen LogP contribution < -0.4 is 10.5 Å². The summed E-state index contributed by atoms with van der Waals surface area (Å²) in [6, 6.07) is 7.48. The molecule has 0 spiro atoms. The number of nitrogens with two attached hydrogens (primary N) is 1. The minimum atomic E-state index is -3.66. The van der Waals surface area contributed by atoms with E-state index in [0.29, 0.717) is 12.0 Å². The van der Waals surface area contributed by atoms with Gasteiger partial charge in [-0.2, -0.15) is 0 Å². The van der Waals surface area contributed by atoms with Gasteiger partial charge in [0.05, 0.1) is 11.3 Å². The van der Waals surface area contributed by atoms with E-state index in [9.17, 15) is 13.2 Å². The minimum Gasteiger partial charge on any atom is -0.350 e. The molecule has 1 heterocycles. The van der Waals surface area contributed by atoms with E-state index in [1.807, 2.05) is 35.9 Å². The molecular weight excluding hydrogens is 314 g/mol. The van der Waals surface area contributed by atoms with E-state index in [2.05, 4.69) is 4.72 Å². The number of hydrogen-bond acceptors (Lipinski definition) is 4. The number of para-hydroxylation sites is 1. The fourth-order valence-corrected chi connectivity index (χ4v) is 4.73. The Balaban J connectivity index is 1.77. The van der Waals surface area contributed by atoms with Gasteiger partial charge in [-0.15, -0.1) is 0 Å². The van der Waals surface area contributed by atoms with Crippen LogP contribution in [-0.4, -0.2) is 30.7 Å². The van der Waals surface area contributed by atoms with Crippen LogP contribution in [0.15, 0.2) is 30.5 Å². The first-order valence-corrected chi connectivity index (χ1v) is 9.35. The number of hydrogen-bond donors (Lipinski definition) is 2. The molecule has 124 valence electrons. The molecule has 1 fully saturated rings. The summed E-state index contributed by atoms with van der Waals surface area (Å²) >= 11 is 0. The second-order valence-corrected chi connectivity index (χ2v) is 8.09. The lowest BCUT2D eigenvalue weighted by atomic mass is 10.1. The van der Waals surface area contributed by atoms with Crippen LogP contribution in [0.2, 0.25) is 0 Å². The van der Waals surface area contributed by atoms with Crippen molar-refractivity contribution in [3.05, 3.63) is 36.0 Å². The van der Waals surface area contributed by atoms with Crippen molar-refractivity contribution >= 4 is 26.8 Å². The molecule has 0 radical (unpaired) electrons. The van der Waals surface area contributed by atoms with Crippen LogP contribution in [0.1, 0.15) is 29.6 Å². The normalized spacial score (nSPS) is 21.7. The number of carbonyl (C=O) groups is 1. The number of carbonyl (C=O) groups excluding carboxylic acids is 1. The molecule has 2 aromatic rings. The quantitative estimate of drug-likeness (QED) is 0.882. The zero-order chi connectivity index (χ0) is 16.6. The topological polar surface area (TPSA) is 94.2 Å². The SMILES string of the molecule is Cn1cc(C(=O)NS(=O)(=O)C[C@@H]2CC[C@H](N)C2)c2ccccc21. The molecule has 1 aromatic carbocycles. The van der Waals surface area contributed by atoms with Gasteiger partial charge in [-0.3, -0.25) is 4.79 Å². The largest absolute Gasteiger partial charge is 0.350 e. The van der Waals surface area contributed by atoms with Gasteiger partial charge in [-0.05, 0) is 31.2 Å². The Morgan fingerprint density at radius 3 is 2.78 bits per heavy atom. The van der Waals surface area contributed by atoms with Gasteiger partial charge in [0, 0.05) is 30.2 Å². The van der Waals surface area contributed by atoms with Gasteiger partial charge in [0.15, 0.2) is 0 Å². The fraction of sp³-hybridized carbons (Fsp3) is 0.438. The van der Waals surface area contributed by atoms with Crippen LogP contribution in [0, 0.1) is 5.92 Å². The first kappa shape index (κ1) is 16.0. The summed E-state index contributed by atoms with van der Waals surface area (Å²) < 4.78 is 28.5. The molecule has 0 bridgehead atoms. The maximum atomic E-state index is 12.4. The van der Waals surface area contributed by atoms with E-state index in [1.54, 1.807) is 6.20 Å². The molecule has 2 atom stereocenters. The van der Waals surface area contributed by atoms with Crippen molar-refractivity contribution in [1.29, 1.82) is 0 Å². The molecule has 1 amide bonds. The number of rotatable bonds is 4. The van der Waals surface area contributed by atoms with Crippen LogP contribution in [0.3, 0.4) is 0 Å². The van der Waals surface area contributed by atoms with Crippen LogP contribution in [0.5, 0.6) is 0 Å². The third kappa shape index (κ3) is 3.40. The van der Waals surface area contributed by atoms with Gasteiger partial charge in [0.1, 0.15) is 0 Å². The third-order valence-electron chi connectivity index (χ3n) is 4.43. The Morgan fingerprint density at radius 2 is 2.09 bits per heavy atom. The second-order valence-electron chi connectivity index (χ2n) is 6.32. The number of sulfonamides is 1. The average Bonchev–Trinajstić information content (AvgIpc) is 3.02. The Labute approximate surface area is 135 Å². The lowest BCUT2D eigenvalue weighted by Crippen LogP contribution is -2.34. The van der Waals surface area contributed by atoms with E-state index in [0.717, 1.165) is 23.7 Å². The van der Waals surface area contributed by atoms with Gasteiger partial charge in [0.25, 0.3) is 5.91 Å². The summed E-state index contributed by atoms with van der Waals surface area (Å²) in [5.41, 5.74) is 7.07. The first-order chi connectivity index (χ1) is 10.9. The number of aryl methyl sites for hydroxylation is 1. The van der Waals surface area contributed by atoms with Gasteiger partial charge < -0.3 is 10.3 Å². The number of benzene rings is 1. The highest BCUT2D eigenvalue weighted by molar-refractivity contribution is 7.90. The molecule has 0 unspecified atom stereocenters. The van der Waals surface area contributed by atoms with Crippen molar-refractivity contribution < 1.29 is 13.2 Å². The van der Waals surface area contributed by atoms with Crippen molar-refractivity contribution in [2.24, 2.45) is 18.7 Å². The highest BCUT2D eigenvalue weighted by Gasteiger charge is 2.28. The monoisotopic (exact) mass is 335 g/mol. The number of fused-ring (bicyclic) bond motifs is 1. The third-order valence-corrected chi connectivity index (χ3v) is 5.83. The average molecular weight is 335 g/mol. The number of aromatic nitrogens is 1. The van der Waals surface area contributed by atoms with Gasteiger partial charge in [0.2, 0.25) is 10.0 Å². The van der Waals surface area contributed by atoms with Gasteiger partial charge in [-0.1, -0.05) is 18.2 Å². The molecule has 3 N–H and O–H groups in total. The molecule has 0 saturated heterocycles. The molecule has 1 aliphatic rings. The summed E-state index contributed by atoms with van der Waals surface area (Å²) in [5, 5.41) is 0.741. The zero-order valence-electron chi connectivity index (χ0n) is 13.0. The predicted molar refractivity (Wildman–Crippen MR) is 89.5 cm³/mol. The Morgan fingerprint density at radius 1 is 1.35 bits per heavy atom. The van der Waals surface area contributed by atoms with Crippen LogP contribution >= 0.6 is 0 Å². The molecule has 0 aliphatic heterocycles. The second kappa shape index (κ2) is 5.98. The summed E-state index contributed by atoms with van der Waals surface area (Å²) in [4.78, 5) is 12.4. The lowest BCUT2D eigenvalue weighted by Gasteiger charge is -2.11. The van der Waals surface area contributed by atoms with Crippen molar-refractivity contribution in [3.8, 4) is 0 Å². The number of amides is 1. The van der Waals surface area contributed by atoms with Crippen molar-refractivity contribution in [1.82, 2.24) is 9.29 Å². The molecule has 7 heteroatoms. The zero-order valence-corrected chi connectivity index (χ0v) is 13.8. The first-order valence-electron chi connectivity index (χ1n) is 7.70. The number of nitrogens with one attached hydrogen (secondary N) is 1. The summed E-state index contributed by atoms with van der Waals surface area (Å²) in [5.74, 6) is -0.594. The Kier molecular flexibility index (Phi) is 4.16. The van der Waals surface area contributed by atoms with E-state index in [-0.39, 0.29) is 17.7 Å². The van der Waals surface area contributed by atoms with Crippen LogP contribution in [0.4, 0.5) is 0 Å². The molecule has 1 aromatic heterocycles. The standard InChI is InChI=1S/C16H21N3O3S/c1-19-9-14(13-4-2-3-5-15(13)19)16(20)18-23(21,22)10-11-6-7-12(17)8-11/h2-5,9,11-12H,6-8,10,17H2,1H3,(H,18,20)/t11-,12+/m1/s1. The molecule has 6 nitrogen and oxygen atoms in total. The van der Waals surface area contributed by atoms with Crippen molar-refractivity contribution in [3.63, 3.8) is 0 Å². The minimum absolute atomic E-state index is 0.0304. The van der Waals surface area contributed by atoms with E-state index in [4.69, 9.17) is 5.73 Å². The van der Waals surface area contributed by atoms with Gasteiger partial charge >= 0.3 is 0 Å².